The summed E-state index contributed by atoms with van der Waals surface area (Å²) >= 11 is 0. The predicted octanol–water partition coefficient (Wildman–Crippen LogP) is 7.90. The summed E-state index contributed by atoms with van der Waals surface area (Å²) in [6.07, 6.45) is 1.89. The summed E-state index contributed by atoms with van der Waals surface area (Å²) in [7, 11) is 1.71. The van der Waals surface area contributed by atoms with Crippen molar-refractivity contribution in [2.75, 3.05) is 39.8 Å². The molecule has 0 amide bonds. The van der Waals surface area contributed by atoms with E-state index in [1.807, 2.05) is 6.07 Å². The average Bonchev–Trinajstić information content (AvgIpc) is 3.57. The Kier molecular flexibility index (Phi) is 11.9. The van der Waals surface area contributed by atoms with Crippen molar-refractivity contribution in [3.8, 4) is 22.6 Å². The van der Waals surface area contributed by atoms with E-state index in [0.717, 1.165) is 80.0 Å². The molecule has 2 fully saturated rings. The molecule has 0 saturated carbocycles. The quantitative estimate of drug-likeness (QED) is 0.185. The Bertz CT molecular complexity index is 1570. The second kappa shape index (κ2) is 15.3. The van der Waals surface area contributed by atoms with Crippen molar-refractivity contribution in [2.24, 2.45) is 11.1 Å². The molecule has 2 N–H and O–H groups in total. The molecule has 4 aromatic rings. The van der Waals surface area contributed by atoms with E-state index >= 15 is 0 Å². The molecule has 1 spiro atoms. The van der Waals surface area contributed by atoms with E-state index in [0.29, 0.717) is 12.0 Å². The summed E-state index contributed by atoms with van der Waals surface area (Å²) in [6, 6.07) is 21.2. The second-order valence-corrected chi connectivity index (χ2v) is 12.4. The zero-order valence-electron chi connectivity index (χ0n) is 26.1. The van der Waals surface area contributed by atoms with Crippen LogP contribution in [0.5, 0.6) is 11.5 Å². The minimum atomic E-state index is -4.71. The SMILES string of the molecule is COc1cccc(CN2CCC3(CC2)CCN(Cc2ccc4c(c2)c(-c2ccc(OC(F)(F)F)cc2)cn4CCCN)C3)c1.Cl.Cl. The Hall–Kier alpha value is -2.95. The monoisotopic (exact) mass is 678 g/mol. The first-order valence-corrected chi connectivity index (χ1v) is 15.5. The summed E-state index contributed by atoms with van der Waals surface area (Å²) in [5.41, 5.74) is 11.7. The van der Waals surface area contributed by atoms with Crippen molar-refractivity contribution in [3.05, 3.63) is 84.1 Å². The van der Waals surface area contributed by atoms with Crippen LogP contribution in [0.1, 0.15) is 36.8 Å². The molecule has 250 valence electrons. The van der Waals surface area contributed by atoms with Gasteiger partial charge in [0.25, 0.3) is 0 Å². The highest BCUT2D eigenvalue weighted by molar-refractivity contribution is 5.96. The number of benzene rings is 3. The maximum Gasteiger partial charge on any atom is 0.573 e. The lowest BCUT2D eigenvalue weighted by Crippen LogP contribution is -2.41. The van der Waals surface area contributed by atoms with Gasteiger partial charge in [-0.05, 0) is 110 Å². The third kappa shape index (κ3) is 8.49. The summed E-state index contributed by atoms with van der Waals surface area (Å²) in [5.74, 6) is 0.691. The van der Waals surface area contributed by atoms with Crippen LogP contribution in [0.15, 0.2) is 72.9 Å². The third-order valence-corrected chi connectivity index (χ3v) is 9.33. The molecular weight excluding hydrogens is 636 g/mol. The molecule has 1 aromatic heterocycles. The highest BCUT2D eigenvalue weighted by Crippen LogP contribution is 2.41. The van der Waals surface area contributed by atoms with E-state index in [-0.39, 0.29) is 30.6 Å². The molecule has 6 rings (SSSR count). The highest BCUT2D eigenvalue weighted by atomic mass is 35.5. The predicted molar refractivity (Wildman–Crippen MR) is 182 cm³/mol. The summed E-state index contributed by atoms with van der Waals surface area (Å²) < 4.78 is 49.8. The van der Waals surface area contributed by atoms with Gasteiger partial charge in [0.1, 0.15) is 11.5 Å². The van der Waals surface area contributed by atoms with Crippen LogP contribution < -0.4 is 15.2 Å². The maximum absolute atomic E-state index is 12.7. The second-order valence-electron chi connectivity index (χ2n) is 12.4. The van der Waals surface area contributed by atoms with E-state index < -0.39 is 6.36 Å². The average molecular weight is 680 g/mol. The zero-order valence-corrected chi connectivity index (χ0v) is 27.7. The number of nitrogens with two attached hydrogens (primary N) is 1. The lowest BCUT2D eigenvalue weighted by molar-refractivity contribution is -0.274. The van der Waals surface area contributed by atoms with Gasteiger partial charge in [0.2, 0.25) is 0 Å². The minimum Gasteiger partial charge on any atom is -0.497 e. The molecular formula is C35H43Cl2F3N4O2. The van der Waals surface area contributed by atoms with Crippen molar-refractivity contribution >= 4 is 35.7 Å². The van der Waals surface area contributed by atoms with Crippen molar-refractivity contribution in [1.29, 1.82) is 0 Å². The number of fused-ring (bicyclic) bond motifs is 1. The number of aromatic nitrogens is 1. The molecule has 11 heteroatoms. The molecule has 3 heterocycles. The van der Waals surface area contributed by atoms with Crippen LogP contribution in [0.25, 0.3) is 22.0 Å². The van der Waals surface area contributed by atoms with Gasteiger partial charge < -0.3 is 19.8 Å². The number of halogens is 5. The van der Waals surface area contributed by atoms with Crippen molar-refractivity contribution < 1.29 is 22.6 Å². The van der Waals surface area contributed by atoms with Gasteiger partial charge in [-0.3, -0.25) is 9.80 Å². The third-order valence-electron chi connectivity index (χ3n) is 9.33. The number of rotatable bonds is 10. The van der Waals surface area contributed by atoms with Crippen molar-refractivity contribution in [2.45, 2.75) is 51.7 Å². The van der Waals surface area contributed by atoms with Gasteiger partial charge in [0, 0.05) is 48.8 Å². The standard InChI is InChI=1S/C35H41F3N4O2.2ClH/c1-43-30-5-2-4-26(20-30)22-40-17-12-34(13-18-40)14-19-41(25-34)23-27-6-11-33-31(21-27)32(24-42(33)16-3-15-39)28-7-9-29(10-8-28)44-35(36,37)38;;/h2,4-11,20-21,24H,3,12-19,22-23,25,39H2,1H3;2*1H. The zero-order chi connectivity index (χ0) is 30.7. The molecule has 0 atom stereocenters. The van der Waals surface area contributed by atoms with Crippen LogP contribution >= 0.6 is 24.8 Å². The fourth-order valence-electron chi connectivity index (χ4n) is 7.00. The fraction of sp³-hybridized carbons (Fsp3) is 0.429. The number of hydrogen-bond donors (Lipinski definition) is 1. The van der Waals surface area contributed by atoms with Gasteiger partial charge in [0.15, 0.2) is 0 Å². The molecule has 0 radical (unpaired) electrons. The topological polar surface area (TPSA) is 55.9 Å². The molecule has 2 saturated heterocycles. The number of nitrogens with zero attached hydrogens (tertiary/aromatic N) is 3. The van der Waals surface area contributed by atoms with Crippen LogP contribution in [-0.4, -0.2) is 60.6 Å². The van der Waals surface area contributed by atoms with Crippen LogP contribution in [0, 0.1) is 5.41 Å². The number of piperidine rings is 1. The molecule has 0 aliphatic carbocycles. The molecule has 0 unspecified atom stereocenters. The van der Waals surface area contributed by atoms with Crippen LogP contribution in [0.2, 0.25) is 0 Å². The summed E-state index contributed by atoms with van der Waals surface area (Å²) in [5, 5.41) is 1.10. The lowest BCUT2D eigenvalue weighted by atomic mass is 9.77. The van der Waals surface area contributed by atoms with E-state index in [4.69, 9.17) is 10.5 Å². The number of likely N-dealkylation sites (tertiary alicyclic amines) is 2. The van der Waals surface area contributed by atoms with Crippen LogP contribution in [-0.2, 0) is 19.6 Å². The Morgan fingerprint density at radius 3 is 2.17 bits per heavy atom. The smallest absolute Gasteiger partial charge is 0.497 e. The summed E-state index contributed by atoms with van der Waals surface area (Å²) in [4.78, 5) is 5.16. The maximum atomic E-state index is 12.7. The van der Waals surface area contributed by atoms with E-state index in [1.165, 1.54) is 42.5 Å². The number of aryl methyl sites for hydroxylation is 1. The largest absolute Gasteiger partial charge is 0.573 e. The fourth-order valence-corrected chi connectivity index (χ4v) is 7.00. The van der Waals surface area contributed by atoms with Crippen LogP contribution in [0.4, 0.5) is 13.2 Å². The first-order valence-electron chi connectivity index (χ1n) is 15.5. The Labute approximate surface area is 281 Å². The first kappa shape index (κ1) is 35.9. The molecule has 3 aromatic carbocycles. The molecule has 2 aliphatic rings. The van der Waals surface area contributed by atoms with E-state index in [9.17, 15) is 13.2 Å². The van der Waals surface area contributed by atoms with Gasteiger partial charge >= 0.3 is 6.36 Å². The Morgan fingerprint density at radius 1 is 0.826 bits per heavy atom. The van der Waals surface area contributed by atoms with E-state index in [2.05, 4.69) is 61.7 Å². The van der Waals surface area contributed by atoms with Crippen molar-refractivity contribution in [3.63, 3.8) is 0 Å². The Balaban J connectivity index is 0.00000240. The number of ether oxygens (including phenoxy) is 2. The highest BCUT2D eigenvalue weighted by Gasteiger charge is 2.40. The summed E-state index contributed by atoms with van der Waals surface area (Å²) in [6.45, 7) is 7.66. The van der Waals surface area contributed by atoms with E-state index in [1.54, 1.807) is 19.2 Å². The number of hydrogen-bond acceptors (Lipinski definition) is 5. The van der Waals surface area contributed by atoms with Gasteiger partial charge in [-0.2, -0.15) is 0 Å². The first-order chi connectivity index (χ1) is 21.2. The number of alkyl halides is 3. The lowest BCUT2D eigenvalue weighted by Gasteiger charge is -2.39. The van der Waals surface area contributed by atoms with Gasteiger partial charge in [-0.15, -0.1) is 38.0 Å². The van der Waals surface area contributed by atoms with Gasteiger partial charge in [-0.1, -0.05) is 30.3 Å². The normalized spacial score (nSPS) is 16.7. The molecule has 2 aliphatic heterocycles. The Morgan fingerprint density at radius 2 is 1.50 bits per heavy atom. The van der Waals surface area contributed by atoms with Gasteiger partial charge in [-0.25, -0.2) is 0 Å². The molecule has 0 bridgehead atoms. The van der Waals surface area contributed by atoms with Crippen molar-refractivity contribution in [1.82, 2.24) is 14.4 Å². The minimum absolute atomic E-state index is 0. The van der Waals surface area contributed by atoms with Crippen LogP contribution in [0.3, 0.4) is 0 Å². The number of methoxy groups -OCH3 is 1. The van der Waals surface area contributed by atoms with Gasteiger partial charge in [0.05, 0.1) is 7.11 Å². The molecule has 46 heavy (non-hydrogen) atoms. The molecule has 6 nitrogen and oxygen atoms in total.